The molecule has 0 spiro atoms. The molecule has 1 aromatic rings. The van der Waals surface area contributed by atoms with E-state index in [0.717, 1.165) is 29.8 Å². The Hall–Kier alpha value is -0.680. The molecule has 1 N–H and O–H groups in total. The van der Waals surface area contributed by atoms with Crippen molar-refractivity contribution in [2.24, 2.45) is 0 Å². The van der Waals surface area contributed by atoms with Crippen molar-refractivity contribution in [3.63, 3.8) is 0 Å². The molecule has 1 unspecified atom stereocenters. The summed E-state index contributed by atoms with van der Waals surface area (Å²) >= 11 is 1.68. The van der Waals surface area contributed by atoms with Gasteiger partial charge in [-0.25, -0.2) is 0 Å². The Morgan fingerprint density at radius 2 is 2.43 bits per heavy atom. The number of nitrogens with zero attached hydrogens (tertiary/aromatic N) is 3. The monoisotopic (exact) mass is 212 g/mol. The van der Waals surface area contributed by atoms with Crippen molar-refractivity contribution < 1.29 is 0 Å². The minimum Gasteiger partial charge on any atom is -0.343 e. The van der Waals surface area contributed by atoms with Crippen LogP contribution >= 0.6 is 11.3 Å². The largest absolute Gasteiger partial charge is 0.343 e. The predicted octanol–water partition coefficient (Wildman–Crippen LogP) is 1.03. The summed E-state index contributed by atoms with van der Waals surface area (Å²) in [5.41, 5.74) is 0. The van der Waals surface area contributed by atoms with Crippen molar-refractivity contribution in [1.82, 2.24) is 15.5 Å². The van der Waals surface area contributed by atoms with Crippen LogP contribution in [0.4, 0.5) is 5.13 Å². The summed E-state index contributed by atoms with van der Waals surface area (Å²) in [6, 6.07) is 0.604. The number of hydrogen-bond acceptors (Lipinski definition) is 5. The molecule has 14 heavy (non-hydrogen) atoms. The van der Waals surface area contributed by atoms with Crippen LogP contribution in [0.15, 0.2) is 0 Å². The van der Waals surface area contributed by atoms with E-state index in [2.05, 4.69) is 27.3 Å². The highest BCUT2D eigenvalue weighted by Crippen LogP contribution is 2.23. The molecular weight excluding hydrogens is 196 g/mol. The Morgan fingerprint density at radius 1 is 1.57 bits per heavy atom. The van der Waals surface area contributed by atoms with E-state index in [1.54, 1.807) is 11.3 Å². The van der Waals surface area contributed by atoms with E-state index in [-0.39, 0.29) is 0 Å². The summed E-state index contributed by atoms with van der Waals surface area (Å²) in [6.45, 7) is 7.39. The number of aromatic nitrogens is 2. The molecule has 1 atom stereocenters. The van der Waals surface area contributed by atoms with E-state index in [4.69, 9.17) is 0 Å². The van der Waals surface area contributed by atoms with Crippen LogP contribution in [-0.4, -0.2) is 35.9 Å². The molecule has 5 heteroatoms. The van der Waals surface area contributed by atoms with Gasteiger partial charge in [-0.3, -0.25) is 0 Å². The molecule has 4 nitrogen and oxygen atoms in total. The first-order valence-electron chi connectivity index (χ1n) is 5.08. The number of likely N-dealkylation sites (N-methyl/N-ethyl adjacent to an activating group) is 1. The van der Waals surface area contributed by atoms with E-state index in [1.807, 2.05) is 6.92 Å². The lowest BCUT2D eigenvalue weighted by Gasteiger charge is -2.25. The van der Waals surface area contributed by atoms with Crippen molar-refractivity contribution in [2.75, 3.05) is 24.5 Å². The molecule has 0 radical (unpaired) electrons. The Morgan fingerprint density at radius 3 is 2.93 bits per heavy atom. The lowest BCUT2D eigenvalue weighted by Crippen LogP contribution is -2.36. The fraction of sp³-hybridized carbons (Fsp3) is 0.778. The smallest absolute Gasteiger partial charge is 0.208 e. The maximum absolute atomic E-state index is 4.20. The number of hydrogen-bond donors (Lipinski definition) is 1. The highest BCUT2D eigenvalue weighted by Gasteiger charge is 2.23. The van der Waals surface area contributed by atoms with E-state index >= 15 is 0 Å². The van der Waals surface area contributed by atoms with Gasteiger partial charge in [0, 0.05) is 19.1 Å². The summed E-state index contributed by atoms with van der Waals surface area (Å²) in [4.78, 5) is 2.35. The molecule has 0 aliphatic carbocycles. The van der Waals surface area contributed by atoms with Crippen LogP contribution in [0.5, 0.6) is 0 Å². The predicted molar refractivity (Wildman–Crippen MR) is 58.9 cm³/mol. The highest BCUT2D eigenvalue weighted by molar-refractivity contribution is 7.15. The molecule has 0 bridgehead atoms. The van der Waals surface area contributed by atoms with Gasteiger partial charge in [-0.2, -0.15) is 0 Å². The SMILES string of the molecule is CCN(c1nnc(C)s1)C1CCNC1. The summed E-state index contributed by atoms with van der Waals surface area (Å²) < 4.78 is 0. The van der Waals surface area contributed by atoms with Gasteiger partial charge >= 0.3 is 0 Å². The zero-order chi connectivity index (χ0) is 9.97. The molecule has 1 aromatic heterocycles. The third-order valence-corrected chi connectivity index (χ3v) is 3.45. The van der Waals surface area contributed by atoms with Crippen LogP contribution in [0, 0.1) is 6.92 Å². The Balaban J connectivity index is 2.12. The summed E-state index contributed by atoms with van der Waals surface area (Å²) in [6.07, 6.45) is 1.21. The Bertz CT molecular complexity index is 293. The molecular formula is C9H16N4S. The first-order chi connectivity index (χ1) is 6.81. The third kappa shape index (κ3) is 1.88. The van der Waals surface area contributed by atoms with E-state index in [1.165, 1.54) is 6.42 Å². The number of rotatable bonds is 3. The second kappa shape index (κ2) is 4.23. The fourth-order valence-corrected chi connectivity index (χ4v) is 2.68. The molecule has 0 saturated carbocycles. The topological polar surface area (TPSA) is 41.1 Å². The Kier molecular flexibility index (Phi) is 2.98. The minimum absolute atomic E-state index is 0.604. The van der Waals surface area contributed by atoms with Crippen LogP contribution in [-0.2, 0) is 0 Å². The molecule has 1 aliphatic heterocycles. The van der Waals surface area contributed by atoms with Gasteiger partial charge in [0.25, 0.3) is 0 Å². The second-order valence-electron chi connectivity index (χ2n) is 3.54. The summed E-state index contributed by atoms with van der Waals surface area (Å²) in [7, 11) is 0. The van der Waals surface area contributed by atoms with Crippen LogP contribution in [0.3, 0.4) is 0 Å². The molecule has 2 rings (SSSR count). The average Bonchev–Trinajstić information content (AvgIpc) is 2.79. The van der Waals surface area contributed by atoms with Crippen molar-refractivity contribution in [2.45, 2.75) is 26.3 Å². The number of aryl methyl sites for hydroxylation is 1. The molecule has 2 heterocycles. The molecule has 1 aliphatic rings. The van der Waals surface area contributed by atoms with Crippen molar-refractivity contribution >= 4 is 16.5 Å². The van der Waals surface area contributed by atoms with E-state index < -0.39 is 0 Å². The van der Waals surface area contributed by atoms with Gasteiger partial charge in [0.2, 0.25) is 5.13 Å². The highest BCUT2D eigenvalue weighted by atomic mass is 32.1. The van der Waals surface area contributed by atoms with Gasteiger partial charge in [0.05, 0.1) is 0 Å². The zero-order valence-electron chi connectivity index (χ0n) is 8.66. The summed E-state index contributed by atoms with van der Waals surface area (Å²) in [5, 5.41) is 13.8. The molecule has 1 saturated heterocycles. The minimum atomic E-state index is 0.604. The Labute approximate surface area is 88.3 Å². The first kappa shape index (κ1) is 9.86. The van der Waals surface area contributed by atoms with E-state index in [9.17, 15) is 0 Å². The standard InChI is InChI=1S/C9H16N4S/c1-3-13(8-4-5-10-6-8)9-12-11-7(2)14-9/h8,10H,3-6H2,1-2H3. The van der Waals surface area contributed by atoms with Gasteiger partial charge in [-0.15, -0.1) is 10.2 Å². The van der Waals surface area contributed by atoms with Gasteiger partial charge < -0.3 is 10.2 Å². The number of anilines is 1. The van der Waals surface area contributed by atoms with Gasteiger partial charge in [-0.1, -0.05) is 11.3 Å². The van der Waals surface area contributed by atoms with Crippen LogP contribution in [0.1, 0.15) is 18.4 Å². The van der Waals surface area contributed by atoms with Crippen molar-refractivity contribution in [1.29, 1.82) is 0 Å². The molecule has 78 valence electrons. The van der Waals surface area contributed by atoms with Crippen LogP contribution < -0.4 is 10.2 Å². The van der Waals surface area contributed by atoms with Crippen molar-refractivity contribution in [3.8, 4) is 0 Å². The maximum Gasteiger partial charge on any atom is 0.208 e. The van der Waals surface area contributed by atoms with Gasteiger partial charge in [0.1, 0.15) is 5.01 Å². The van der Waals surface area contributed by atoms with Gasteiger partial charge in [0.15, 0.2) is 0 Å². The summed E-state index contributed by atoms with van der Waals surface area (Å²) in [5.74, 6) is 0. The van der Waals surface area contributed by atoms with Crippen LogP contribution in [0.25, 0.3) is 0 Å². The lowest BCUT2D eigenvalue weighted by atomic mass is 10.2. The fourth-order valence-electron chi connectivity index (χ4n) is 1.86. The lowest BCUT2D eigenvalue weighted by molar-refractivity contribution is 0.643. The van der Waals surface area contributed by atoms with Crippen molar-refractivity contribution in [3.05, 3.63) is 5.01 Å². The third-order valence-electron chi connectivity index (χ3n) is 2.58. The number of nitrogens with one attached hydrogen (secondary N) is 1. The zero-order valence-corrected chi connectivity index (χ0v) is 9.47. The molecule has 1 fully saturated rings. The molecule has 0 amide bonds. The quantitative estimate of drug-likeness (QED) is 0.812. The normalized spacial score (nSPS) is 21.4. The second-order valence-corrected chi connectivity index (χ2v) is 4.70. The van der Waals surface area contributed by atoms with E-state index in [0.29, 0.717) is 6.04 Å². The average molecular weight is 212 g/mol. The first-order valence-corrected chi connectivity index (χ1v) is 5.90. The molecule has 0 aromatic carbocycles. The van der Waals surface area contributed by atoms with Crippen LogP contribution in [0.2, 0.25) is 0 Å². The maximum atomic E-state index is 4.20. The van der Waals surface area contributed by atoms with Gasteiger partial charge in [-0.05, 0) is 26.8 Å².